The molecule has 0 spiro atoms. The Morgan fingerprint density at radius 3 is 2.76 bits per heavy atom. The van der Waals surface area contributed by atoms with E-state index in [1.807, 2.05) is 6.07 Å². The minimum absolute atomic E-state index is 0.228. The molecule has 0 amide bonds. The summed E-state index contributed by atoms with van der Waals surface area (Å²) in [6.45, 7) is 3.30. The fourth-order valence-electron chi connectivity index (χ4n) is 4.54. The van der Waals surface area contributed by atoms with Crippen molar-refractivity contribution in [1.29, 1.82) is 0 Å². The molecule has 0 aliphatic carbocycles. The van der Waals surface area contributed by atoms with E-state index in [0.717, 1.165) is 86.5 Å². The second-order valence-corrected chi connectivity index (χ2v) is 9.33. The van der Waals surface area contributed by atoms with Gasteiger partial charge in [-0.2, -0.15) is 5.10 Å². The lowest BCUT2D eigenvalue weighted by atomic mass is 9.77. The van der Waals surface area contributed by atoms with E-state index in [0.29, 0.717) is 0 Å². The molecule has 1 saturated heterocycles. The van der Waals surface area contributed by atoms with Gasteiger partial charge in [-0.15, -0.1) is 0 Å². The van der Waals surface area contributed by atoms with Gasteiger partial charge >= 0.3 is 0 Å². The van der Waals surface area contributed by atoms with Crippen molar-refractivity contribution in [2.24, 2.45) is 5.41 Å². The standard InChI is InChI=1S/C25H34N6O2/c1-30(2)11-8-25(17-32)9-12-31(13-10-25)23-16-22(26-18-27-23)24-20-15-19(5-4-14-33-3)6-7-21(20)28-29-24/h6-7,15-18H,4-5,8-14H2,1-3H3,(H,28,29). The summed E-state index contributed by atoms with van der Waals surface area (Å²) in [5.41, 5.74) is 3.67. The quantitative estimate of drug-likeness (QED) is 0.374. The first-order valence-corrected chi connectivity index (χ1v) is 11.7. The number of aromatic amines is 1. The first kappa shape index (κ1) is 23.3. The average molecular weight is 451 g/mol. The van der Waals surface area contributed by atoms with E-state index in [2.05, 4.69) is 62.3 Å². The minimum atomic E-state index is -0.228. The van der Waals surface area contributed by atoms with Crippen LogP contribution in [0.15, 0.2) is 30.6 Å². The van der Waals surface area contributed by atoms with Crippen molar-refractivity contribution in [2.75, 3.05) is 52.3 Å². The third-order valence-corrected chi connectivity index (χ3v) is 6.73. The Kier molecular flexibility index (Phi) is 7.35. The molecule has 0 atom stereocenters. The summed E-state index contributed by atoms with van der Waals surface area (Å²) in [5, 5.41) is 8.75. The Morgan fingerprint density at radius 1 is 1.21 bits per heavy atom. The molecule has 8 nitrogen and oxygen atoms in total. The van der Waals surface area contributed by atoms with E-state index < -0.39 is 0 Å². The molecule has 176 valence electrons. The van der Waals surface area contributed by atoms with Crippen LogP contribution in [0.1, 0.15) is 31.2 Å². The number of methoxy groups -OCH3 is 1. The maximum absolute atomic E-state index is 11.9. The summed E-state index contributed by atoms with van der Waals surface area (Å²) < 4.78 is 5.18. The number of piperidine rings is 1. The second kappa shape index (κ2) is 10.4. The molecule has 33 heavy (non-hydrogen) atoms. The third kappa shape index (κ3) is 5.39. The van der Waals surface area contributed by atoms with Crippen LogP contribution in [0.4, 0.5) is 5.82 Å². The zero-order chi connectivity index (χ0) is 23.3. The Bertz CT molecular complexity index is 1070. The number of aldehydes is 1. The van der Waals surface area contributed by atoms with E-state index >= 15 is 0 Å². The van der Waals surface area contributed by atoms with Crippen LogP contribution in [0.5, 0.6) is 0 Å². The van der Waals surface area contributed by atoms with E-state index in [9.17, 15) is 4.79 Å². The topological polar surface area (TPSA) is 87.2 Å². The second-order valence-electron chi connectivity index (χ2n) is 9.33. The number of aromatic nitrogens is 4. The van der Waals surface area contributed by atoms with Crippen LogP contribution in [0.3, 0.4) is 0 Å². The van der Waals surface area contributed by atoms with Crippen LogP contribution in [0, 0.1) is 5.41 Å². The molecule has 0 radical (unpaired) electrons. The van der Waals surface area contributed by atoms with Crippen molar-refractivity contribution in [3.05, 3.63) is 36.2 Å². The summed E-state index contributed by atoms with van der Waals surface area (Å²) in [7, 11) is 5.84. The first-order chi connectivity index (χ1) is 16.0. The molecule has 8 heteroatoms. The van der Waals surface area contributed by atoms with E-state index in [1.165, 1.54) is 11.8 Å². The number of hydrogen-bond acceptors (Lipinski definition) is 7. The average Bonchev–Trinajstić information content (AvgIpc) is 3.27. The number of H-pyrrole nitrogens is 1. The fraction of sp³-hybridized carbons (Fsp3) is 0.520. The number of hydrogen-bond donors (Lipinski definition) is 1. The van der Waals surface area contributed by atoms with Crippen LogP contribution in [0.25, 0.3) is 22.3 Å². The van der Waals surface area contributed by atoms with Gasteiger partial charge in [-0.05, 0) is 70.4 Å². The number of rotatable bonds is 10. The summed E-state index contributed by atoms with van der Waals surface area (Å²) in [6.07, 6.45) is 7.33. The third-order valence-electron chi connectivity index (χ3n) is 6.73. The largest absolute Gasteiger partial charge is 0.385 e. The lowest BCUT2D eigenvalue weighted by Crippen LogP contribution is -2.42. The number of anilines is 1. The normalized spacial score (nSPS) is 15.9. The van der Waals surface area contributed by atoms with Gasteiger partial charge in [0, 0.05) is 43.7 Å². The smallest absolute Gasteiger partial charge is 0.132 e. The van der Waals surface area contributed by atoms with Gasteiger partial charge in [0.25, 0.3) is 0 Å². The molecule has 3 heterocycles. The molecule has 1 aliphatic rings. The number of benzene rings is 1. The number of nitrogens with one attached hydrogen (secondary N) is 1. The number of carbonyl (C=O) groups is 1. The Morgan fingerprint density at radius 2 is 2.03 bits per heavy atom. The molecule has 0 unspecified atom stereocenters. The number of nitrogens with zero attached hydrogens (tertiary/aromatic N) is 5. The van der Waals surface area contributed by atoms with Crippen LogP contribution in [-0.4, -0.2) is 78.8 Å². The monoisotopic (exact) mass is 450 g/mol. The molecule has 2 aromatic heterocycles. The zero-order valence-electron chi connectivity index (χ0n) is 19.9. The highest BCUT2D eigenvalue weighted by atomic mass is 16.5. The van der Waals surface area contributed by atoms with Gasteiger partial charge in [-0.1, -0.05) is 6.07 Å². The van der Waals surface area contributed by atoms with Gasteiger partial charge in [-0.25, -0.2) is 9.97 Å². The Balaban J connectivity index is 1.51. The van der Waals surface area contributed by atoms with Crippen molar-refractivity contribution in [1.82, 2.24) is 25.1 Å². The molecular formula is C25H34N6O2. The molecule has 1 fully saturated rings. The molecule has 1 aromatic carbocycles. The highest BCUT2D eigenvalue weighted by Crippen LogP contribution is 2.35. The summed E-state index contributed by atoms with van der Waals surface area (Å²) in [6, 6.07) is 8.42. The number of fused-ring (bicyclic) bond motifs is 1. The van der Waals surface area contributed by atoms with Crippen molar-refractivity contribution >= 4 is 23.0 Å². The molecule has 1 N–H and O–H groups in total. The maximum Gasteiger partial charge on any atom is 0.132 e. The van der Waals surface area contributed by atoms with Crippen molar-refractivity contribution in [3.8, 4) is 11.4 Å². The van der Waals surface area contributed by atoms with Gasteiger partial charge in [0.15, 0.2) is 0 Å². The highest BCUT2D eigenvalue weighted by molar-refractivity contribution is 5.92. The lowest BCUT2D eigenvalue weighted by molar-refractivity contribution is -0.117. The lowest BCUT2D eigenvalue weighted by Gasteiger charge is -2.39. The van der Waals surface area contributed by atoms with Crippen molar-refractivity contribution < 1.29 is 9.53 Å². The van der Waals surface area contributed by atoms with E-state index in [-0.39, 0.29) is 5.41 Å². The summed E-state index contributed by atoms with van der Waals surface area (Å²) >= 11 is 0. The van der Waals surface area contributed by atoms with Gasteiger partial charge in [0.05, 0.1) is 11.2 Å². The zero-order valence-corrected chi connectivity index (χ0v) is 19.9. The van der Waals surface area contributed by atoms with Gasteiger partial charge in [0.1, 0.15) is 24.1 Å². The van der Waals surface area contributed by atoms with Crippen LogP contribution >= 0.6 is 0 Å². The summed E-state index contributed by atoms with van der Waals surface area (Å²) in [5.74, 6) is 0.888. The molecule has 1 aliphatic heterocycles. The minimum Gasteiger partial charge on any atom is -0.385 e. The van der Waals surface area contributed by atoms with Gasteiger partial charge < -0.3 is 19.3 Å². The number of carbonyl (C=O) groups excluding carboxylic acids is 1. The van der Waals surface area contributed by atoms with Crippen molar-refractivity contribution in [3.63, 3.8) is 0 Å². The van der Waals surface area contributed by atoms with Crippen molar-refractivity contribution in [2.45, 2.75) is 32.1 Å². The molecule has 3 aromatic rings. The van der Waals surface area contributed by atoms with E-state index in [1.54, 1.807) is 13.4 Å². The molecule has 0 bridgehead atoms. The molecule has 4 rings (SSSR count). The van der Waals surface area contributed by atoms with Crippen LogP contribution in [0.2, 0.25) is 0 Å². The van der Waals surface area contributed by atoms with E-state index in [4.69, 9.17) is 4.74 Å². The number of ether oxygens (including phenoxy) is 1. The first-order valence-electron chi connectivity index (χ1n) is 11.7. The summed E-state index contributed by atoms with van der Waals surface area (Å²) in [4.78, 5) is 25.4. The predicted octanol–water partition coefficient (Wildman–Crippen LogP) is 3.34. The van der Waals surface area contributed by atoms with Crippen LogP contribution in [-0.2, 0) is 16.0 Å². The molecule has 0 saturated carbocycles. The van der Waals surface area contributed by atoms with Gasteiger partial charge in [-0.3, -0.25) is 5.10 Å². The number of aryl methyl sites for hydroxylation is 1. The Labute approximate surface area is 195 Å². The predicted molar refractivity (Wildman–Crippen MR) is 130 cm³/mol. The fourth-order valence-corrected chi connectivity index (χ4v) is 4.54. The maximum atomic E-state index is 11.9. The highest BCUT2D eigenvalue weighted by Gasteiger charge is 2.34. The Hall–Kier alpha value is -2.84. The van der Waals surface area contributed by atoms with Gasteiger partial charge in [0.2, 0.25) is 0 Å². The SMILES string of the molecule is COCCCc1ccc2[nH]nc(-c3cc(N4CCC(C=O)(CCN(C)C)CC4)ncn3)c2c1. The van der Waals surface area contributed by atoms with Crippen LogP contribution < -0.4 is 4.90 Å². The molecular weight excluding hydrogens is 416 g/mol.